The smallest absolute Gasteiger partial charge is 0.236 e. The molecule has 2 heterocycles. The van der Waals surface area contributed by atoms with Crippen LogP contribution in [0, 0.1) is 6.92 Å². The molecule has 6 heteroatoms. The van der Waals surface area contributed by atoms with E-state index in [2.05, 4.69) is 4.98 Å². The highest BCUT2D eigenvalue weighted by atomic mass is 32.2. The van der Waals surface area contributed by atoms with Crippen LogP contribution < -0.4 is 4.90 Å². The van der Waals surface area contributed by atoms with Crippen molar-refractivity contribution in [2.75, 3.05) is 18.0 Å². The Morgan fingerprint density at radius 2 is 1.73 bits per heavy atom. The first-order chi connectivity index (χ1) is 12.6. The summed E-state index contributed by atoms with van der Waals surface area (Å²) in [5.41, 5.74) is 1.84. The van der Waals surface area contributed by atoms with Gasteiger partial charge in [0.1, 0.15) is 0 Å². The third-order valence-corrected chi connectivity index (χ3v) is 6.21. The summed E-state index contributed by atoms with van der Waals surface area (Å²) >= 11 is 0. The molecule has 0 aliphatic carbocycles. The summed E-state index contributed by atoms with van der Waals surface area (Å²) < 4.78 is 32.3. The van der Waals surface area contributed by atoms with Gasteiger partial charge in [-0.05, 0) is 44.0 Å². The van der Waals surface area contributed by atoms with Gasteiger partial charge in [0.05, 0.1) is 4.90 Å². The molecule has 134 valence electrons. The summed E-state index contributed by atoms with van der Waals surface area (Å²) in [4.78, 5) is 6.62. The highest BCUT2D eigenvalue weighted by Crippen LogP contribution is 2.36. The molecule has 26 heavy (non-hydrogen) atoms. The fourth-order valence-electron chi connectivity index (χ4n) is 3.21. The summed E-state index contributed by atoms with van der Waals surface area (Å²) in [7, 11) is -3.75. The Morgan fingerprint density at radius 3 is 2.42 bits per heavy atom. The molecule has 0 saturated carbocycles. The lowest BCUT2D eigenvalue weighted by molar-refractivity contribution is 0.556. The second-order valence-electron chi connectivity index (χ2n) is 6.51. The van der Waals surface area contributed by atoms with Gasteiger partial charge in [-0.3, -0.25) is 0 Å². The molecular formula is C20H20N2O3S. The van der Waals surface area contributed by atoms with Gasteiger partial charge < -0.3 is 9.32 Å². The largest absolute Gasteiger partial charge is 0.419 e. The van der Waals surface area contributed by atoms with Gasteiger partial charge in [0.2, 0.25) is 26.6 Å². The molecule has 3 aromatic rings. The van der Waals surface area contributed by atoms with Gasteiger partial charge in [-0.1, -0.05) is 35.9 Å². The predicted octanol–water partition coefficient (Wildman–Crippen LogP) is 4.08. The second-order valence-corrected chi connectivity index (χ2v) is 8.37. The van der Waals surface area contributed by atoms with Crippen molar-refractivity contribution in [2.45, 2.75) is 29.7 Å². The molecule has 0 unspecified atom stereocenters. The summed E-state index contributed by atoms with van der Waals surface area (Å²) in [5.74, 6) is 0.688. The lowest BCUT2D eigenvalue weighted by Gasteiger charge is -2.14. The topological polar surface area (TPSA) is 63.4 Å². The first-order valence-corrected chi connectivity index (χ1v) is 10.2. The van der Waals surface area contributed by atoms with Gasteiger partial charge in [0, 0.05) is 18.7 Å². The number of aromatic nitrogens is 1. The number of oxazole rings is 1. The number of anilines is 1. The average Bonchev–Trinajstić information content (AvgIpc) is 3.32. The van der Waals surface area contributed by atoms with E-state index in [1.54, 1.807) is 30.3 Å². The Hall–Kier alpha value is -2.60. The molecule has 0 N–H and O–H groups in total. The maximum absolute atomic E-state index is 13.2. The number of nitrogens with zero attached hydrogens (tertiary/aromatic N) is 2. The highest BCUT2D eigenvalue weighted by Gasteiger charge is 2.32. The molecule has 1 saturated heterocycles. The SMILES string of the molecule is Cc1cccc(-c2nc(S(=O)(=O)c3ccccc3)c(N3CCCC3)o2)c1. The number of rotatable bonds is 4. The monoisotopic (exact) mass is 368 g/mol. The summed E-state index contributed by atoms with van der Waals surface area (Å²) in [5, 5.41) is 0.00195. The Balaban J connectivity index is 1.87. The van der Waals surface area contributed by atoms with Crippen molar-refractivity contribution in [3.63, 3.8) is 0 Å². The number of sulfone groups is 1. The van der Waals surface area contributed by atoms with Crippen molar-refractivity contribution in [1.29, 1.82) is 0 Å². The van der Waals surface area contributed by atoms with Crippen molar-refractivity contribution in [3.05, 3.63) is 60.2 Å². The van der Waals surface area contributed by atoms with Crippen LogP contribution in [0.2, 0.25) is 0 Å². The molecule has 0 radical (unpaired) electrons. The normalized spacial score (nSPS) is 14.7. The van der Waals surface area contributed by atoms with Crippen LogP contribution in [0.25, 0.3) is 11.5 Å². The standard InChI is InChI=1S/C20H20N2O3S/c1-15-8-7-9-16(14-15)18-21-19(20(25-18)22-12-5-6-13-22)26(23,24)17-10-3-2-4-11-17/h2-4,7-11,14H,5-6,12-13H2,1H3. The molecule has 5 nitrogen and oxygen atoms in total. The van der Waals surface area contributed by atoms with Crippen LogP contribution in [-0.2, 0) is 9.84 Å². The van der Waals surface area contributed by atoms with Crippen molar-refractivity contribution >= 4 is 15.7 Å². The van der Waals surface area contributed by atoms with E-state index in [9.17, 15) is 8.42 Å². The van der Waals surface area contributed by atoms with E-state index < -0.39 is 9.84 Å². The van der Waals surface area contributed by atoms with Crippen LogP contribution in [0.5, 0.6) is 0 Å². The maximum atomic E-state index is 13.2. The van der Waals surface area contributed by atoms with Crippen LogP contribution in [0.4, 0.5) is 5.88 Å². The molecule has 0 spiro atoms. The molecule has 2 aromatic carbocycles. The molecular weight excluding hydrogens is 348 g/mol. The Bertz CT molecular complexity index is 1020. The third kappa shape index (κ3) is 3.01. The minimum absolute atomic E-state index is 0.00195. The van der Waals surface area contributed by atoms with Crippen molar-refractivity contribution < 1.29 is 12.8 Å². The Morgan fingerprint density at radius 1 is 1.00 bits per heavy atom. The Kier molecular flexibility index (Phi) is 4.28. The molecule has 4 rings (SSSR count). The Labute approximate surface area is 153 Å². The van der Waals surface area contributed by atoms with Crippen molar-refractivity contribution in [1.82, 2.24) is 4.98 Å². The lowest BCUT2D eigenvalue weighted by atomic mass is 10.1. The molecule has 1 fully saturated rings. The molecule has 0 atom stereocenters. The van der Waals surface area contributed by atoms with Crippen molar-refractivity contribution in [2.24, 2.45) is 0 Å². The number of hydrogen-bond donors (Lipinski definition) is 0. The van der Waals surface area contributed by atoms with Crippen LogP contribution in [0.3, 0.4) is 0 Å². The van der Waals surface area contributed by atoms with E-state index in [1.165, 1.54) is 0 Å². The quantitative estimate of drug-likeness (QED) is 0.694. The van der Waals surface area contributed by atoms with E-state index in [4.69, 9.17) is 4.42 Å². The fraction of sp³-hybridized carbons (Fsp3) is 0.250. The van der Waals surface area contributed by atoms with E-state index in [0.29, 0.717) is 11.8 Å². The van der Waals surface area contributed by atoms with Crippen LogP contribution in [0.1, 0.15) is 18.4 Å². The van der Waals surface area contributed by atoms with Gasteiger partial charge in [0.15, 0.2) is 0 Å². The lowest BCUT2D eigenvalue weighted by Crippen LogP contribution is -2.19. The minimum atomic E-state index is -3.75. The number of benzene rings is 2. The van der Waals surface area contributed by atoms with Gasteiger partial charge in [0.25, 0.3) is 0 Å². The average molecular weight is 368 g/mol. The summed E-state index contributed by atoms with van der Waals surface area (Å²) in [6.07, 6.45) is 2.04. The van der Waals surface area contributed by atoms with Gasteiger partial charge in [-0.15, -0.1) is 0 Å². The van der Waals surface area contributed by atoms with Crippen molar-refractivity contribution in [3.8, 4) is 11.5 Å². The highest BCUT2D eigenvalue weighted by molar-refractivity contribution is 7.91. The van der Waals surface area contributed by atoms with Crippen LogP contribution >= 0.6 is 0 Å². The van der Waals surface area contributed by atoms with E-state index in [1.807, 2.05) is 36.1 Å². The minimum Gasteiger partial charge on any atom is -0.419 e. The summed E-state index contributed by atoms with van der Waals surface area (Å²) in [6, 6.07) is 16.1. The third-order valence-electron chi connectivity index (χ3n) is 4.55. The fourth-order valence-corrected chi connectivity index (χ4v) is 4.55. The zero-order chi connectivity index (χ0) is 18.1. The molecule has 1 aliphatic heterocycles. The maximum Gasteiger partial charge on any atom is 0.236 e. The predicted molar refractivity (Wildman–Crippen MR) is 100 cm³/mol. The molecule has 1 aromatic heterocycles. The van der Waals surface area contributed by atoms with E-state index >= 15 is 0 Å². The second kappa shape index (κ2) is 6.61. The number of hydrogen-bond acceptors (Lipinski definition) is 5. The van der Waals surface area contributed by atoms with E-state index in [-0.39, 0.29) is 9.92 Å². The molecule has 1 aliphatic rings. The molecule has 0 bridgehead atoms. The van der Waals surface area contributed by atoms with Crippen LogP contribution in [0.15, 0.2) is 68.9 Å². The summed E-state index contributed by atoms with van der Waals surface area (Å²) in [6.45, 7) is 3.54. The number of aryl methyl sites for hydroxylation is 1. The van der Waals surface area contributed by atoms with Gasteiger partial charge in [-0.25, -0.2) is 8.42 Å². The van der Waals surface area contributed by atoms with Gasteiger partial charge >= 0.3 is 0 Å². The zero-order valence-electron chi connectivity index (χ0n) is 14.6. The first kappa shape index (κ1) is 16.8. The van der Waals surface area contributed by atoms with Gasteiger partial charge in [-0.2, -0.15) is 4.98 Å². The molecule has 0 amide bonds. The zero-order valence-corrected chi connectivity index (χ0v) is 15.4. The van der Waals surface area contributed by atoms with Crippen LogP contribution in [-0.4, -0.2) is 26.5 Å². The van der Waals surface area contributed by atoms with E-state index in [0.717, 1.165) is 37.1 Å². The first-order valence-electron chi connectivity index (χ1n) is 8.69.